The maximum absolute atomic E-state index is 12.2. The van der Waals surface area contributed by atoms with E-state index in [9.17, 15) is 4.79 Å². The van der Waals surface area contributed by atoms with Gasteiger partial charge in [0.05, 0.1) is 0 Å². The number of nitrogens with one attached hydrogen (secondary N) is 1. The van der Waals surface area contributed by atoms with Crippen molar-refractivity contribution < 1.29 is 9.53 Å². The molecule has 1 rings (SSSR count). The van der Waals surface area contributed by atoms with Gasteiger partial charge in [-0.3, -0.25) is 0 Å². The summed E-state index contributed by atoms with van der Waals surface area (Å²) in [7, 11) is 2.19. The van der Waals surface area contributed by atoms with Crippen LogP contribution in [0.4, 0.5) is 4.79 Å². The Morgan fingerprint density at radius 2 is 2.00 bits per heavy atom. The Bertz CT molecular complexity index is 339. The molecule has 0 spiro atoms. The summed E-state index contributed by atoms with van der Waals surface area (Å²) >= 11 is 0. The van der Waals surface area contributed by atoms with Crippen LogP contribution in [0.2, 0.25) is 0 Å². The molecule has 5 heteroatoms. The summed E-state index contributed by atoms with van der Waals surface area (Å²) in [4.78, 5) is 16.4. The molecule has 0 aromatic carbocycles. The summed E-state index contributed by atoms with van der Waals surface area (Å²) in [5.74, 6) is 0. The zero-order chi connectivity index (χ0) is 16.8. The third-order valence-electron chi connectivity index (χ3n) is 3.99. The van der Waals surface area contributed by atoms with E-state index in [1.165, 1.54) is 25.8 Å². The Labute approximate surface area is 136 Å². The van der Waals surface area contributed by atoms with Gasteiger partial charge in [0, 0.05) is 25.2 Å². The molecule has 1 fully saturated rings. The minimum atomic E-state index is -0.441. The van der Waals surface area contributed by atoms with Crippen LogP contribution in [0.15, 0.2) is 0 Å². The number of carbonyl (C=O) groups excluding carboxylic acids is 1. The van der Waals surface area contributed by atoms with Gasteiger partial charge in [0.2, 0.25) is 0 Å². The molecule has 1 N–H and O–H groups in total. The highest BCUT2D eigenvalue weighted by Crippen LogP contribution is 2.12. The second-order valence-corrected chi connectivity index (χ2v) is 7.65. The minimum absolute atomic E-state index is 0.150. The summed E-state index contributed by atoms with van der Waals surface area (Å²) in [5.41, 5.74) is -0.441. The van der Waals surface area contributed by atoms with Gasteiger partial charge < -0.3 is 19.9 Å². The average Bonchev–Trinajstić information content (AvgIpc) is 2.57. The third-order valence-corrected chi connectivity index (χ3v) is 3.99. The SMILES string of the molecule is CC(C)N(CCNC1CCCN(C)CC1)C(=O)OC(C)(C)C. The maximum Gasteiger partial charge on any atom is 0.410 e. The molecule has 0 aromatic rings. The molecule has 1 atom stereocenters. The molecule has 0 radical (unpaired) electrons. The summed E-state index contributed by atoms with van der Waals surface area (Å²) in [5, 5.41) is 3.61. The van der Waals surface area contributed by atoms with Crippen LogP contribution in [0.1, 0.15) is 53.9 Å². The van der Waals surface area contributed by atoms with E-state index in [4.69, 9.17) is 4.74 Å². The van der Waals surface area contributed by atoms with Crippen LogP contribution in [0.25, 0.3) is 0 Å². The predicted octanol–water partition coefficient (Wildman–Crippen LogP) is 2.71. The van der Waals surface area contributed by atoms with Crippen LogP contribution in [0, 0.1) is 0 Å². The Kier molecular flexibility index (Phi) is 7.63. The van der Waals surface area contributed by atoms with Crippen LogP contribution in [0.3, 0.4) is 0 Å². The van der Waals surface area contributed by atoms with Gasteiger partial charge >= 0.3 is 6.09 Å². The lowest BCUT2D eigenvalue weighted by Crippen LogP contribution is -2.45. The van der Waals surface area contributed by atoms with E-state index in [1.807, 2.05) is 34.6 Å². The molecule has 0 saturated carbocycles. The highest BCUT2D eigenvalue weighted by Gasteiger charge is 2.24. The van der Waals surface area contributed by atoms with Gasteiger partial charge in [-0.2, -0.15) is 0 Å². The molecule has 22 heavy (non-hydrogen) atoms. The molecular formula is C17H35N3O2. The highest BCUT2D eigenvalue weighted by atomic mass is 16.6. The Morgan fingerprint density at radius 1 is 1.32 bits per heavy atom. The van der Waals surface area contributed by atoms with Crippen molar-refractivity contribution >= 4 is 6.09 Å². The fourth-order valence-corrected chi connectivity index (χ4v) is 2.71. The van der Waals surface area contributed by atoms with Crippen molar-refractivity contribution in [3.05, 3.63) is 0 Å². The largest absolute Gasteiger partial charge is 0.444 e. The van der Waals surface area contributed by atoms with E-state index in [0.717, 1.165) is 13.1 Å². The quantitative estimate of drug-likeness (QED) is 0.847. The smallest absolute Gasteiger partial charge is 0.410 e. The lowest BCUT2D eigenvalue weighted by Gasteiger charge is -2.30. The van der Waals surface area contributed by atoms with E-state index in [0.29, 0.717) is 12.6 Å². The van der Waals surface area contributed by atoms with Crippen LogP contribution >= 0.6 is 0 Å². The second kappa shape index (κ2) is 8.73. The number of carbonyl (C=O) groups is 1. The standard InChI is InChI=1S/C17H35N3O2/c1-14(2)20(16(21)22-17(3,4)5)13-10-18-15-8-7-11-19(6)12-9-15/h14-15,18H,7-13H2,1-6H3. The predicted molar refractivity (Wildman–Crippen MR) is 91.2 cm³/mol. The molecule has 1 heterocycles. The van der Waals surface area contributed by atoms with E-state index < -0.39 is 5.60 Å². The first-order chi connectivity index (χ1) is 10.2. The fourth-order valence-electron chi connectivity index (χ4n) is 2.71. The maximum atomic E-state index is 12.2. The minimum Gasteiger partial charge on any atom is -0.444 e. The summed E-state index contributed by atoms with van der Waals surface area (Å²) in [6, 6.07) is 0.717. The lowest BCUT2D eigenvalue weighted by molar-refractivity contribution is 0.0192. The van der Waals surface area contributed by atoms with Crippen molar-refractivity contribution in [3.8, 4) is 0 Å². The topological polar surface area (TPSA) is 44.8 Å². The molecule has 1 aliphatic rings. The average molecular weight is 313 g/mol. The fraction of sp³-hybridized carbons (Fsp3) is 0.941. The zero-order valence-electron chi connectivity index (χ0n) is 15.3. The summed E-state index contributed by atoms with van der Waals surface area (Å²) in [6.07, 6.45) is 3.43. The van der Waals surface area contributed by atoms with Gasteiger partial charge in [0.15, 0.2) is 0 Å². The third kappa shape index (κ3) is 7.45. The van der Waals surface area contributed by atoms with Crippen molar-refractivity contribution in [2.75, 3.05) is 33.2 Å². The molecule has 1 unspecified atom stereocenters. The van der Waals surface area contributed by atoms with Crippen molar-refractivity contribution in [2.24, 2.45) is 0 Å². The van der Waals surface area contributed by atoms with Gasteiger partial charge in [-0.25, -0.2) is 4.79 Å². The van der Waals surface area contributed by atoms with Crippen LogP contribution in [0.5, 0.6) is 0 Å². The summed E-state index contributed by atoms with van der Waals surface area (Å²) < 4.78 is 5.49. The molecule has 0 bridgehead atoms. The Balaban J connectivity index is 2.39. The van der Waals surface area contributed by atoms with Gasteiger partial charge in [0.25, 0.3) is 0 Å². The molecule has 1 saturated heterocycles. The number of amides is 1. The number of ether oxygens (including phenoxy) is 1. The van der Waals surface area contributed by atoms with E-state index in [2.05, 4.69) is 17.3 Å². The zero-order valence-corrected chi connectivity index (χ0v) is 15.3. The van der Waals surface area contributed by atoms with Crippen LogP contribution in [-0.2, 0) is 4.74 Å². The Hall–Kier alpha value is -0.810. The van der Waals surface area contributed by atoms with Crippen molar-refractivity contribution in [1.82, 2.24) is 15.1 Å². The number of rotatable bonds is 5. The molecule has 130 valence electrons. The monoisotopic (exact) mass is 313 g/mol. The highest BCUT2D eigenvalue weighted by molar-refractivity contribution is 5.68. The number of likely N-dealkylation sites (tertiary alicyclic amines) is 1. The van der Waals surface area contributed by atoms with Crippen molar-refractivity contribution in [3.63, 3.8) is 0 Å². The first kappa shape index (κ1) is 19.2. The molecule has 5 nitrogen and oxygen atoms in total. The van der Waals surface area contributed by atoms with Crippen LogP contribution < -0.4 is 5.32 Å². The molecule has 0 aromatic heterocycles. The van der Waals surface area contributed by atoms with Crippen LogP contribution in [-0.4, -0.2) is 66.8 Å². The second-order valence-electron chi connectivity index (χ2n) is 7.65. The molecular weight excluding hydrogens is 278 g/mol. The lowest BCUT2D eigenvalue weighted by atomic mass is 10.1. The van der Waals surface area contributed by atoms with Gasteiger partial charge in [0.1, 0.15) is 5.60 Å². The van der Waals surface area contributed by atoms with E-state index in [1.54, 1.807) is 4.90 Å². The van der Waals surface area contributed by atoms with Crippen molar-refractivity contribution in [2.45, 2.75) is 71.6 Å². The first-order valence-electron chi connectivity index (χ1n) is 8.60. The van der Waals surface area contributed by atoms with Gasteiger partial charge in [-0.1, -0.05) is 0 Å². The van der Waals surface area contributed by atoms with Gasteiger partial charge in [-0.15, -0.1) is 0 Å². The molecule has 0 aliphatic carbocycles. The summed E-state index contributed by atoms with van der Waals surface area (Å²) in [6.45, 7) is 13.6. The normalized spacial score (nSPS) is 20.8. The molecule has 1 amide bonds. The van der Waals surface area contributed by atoms with Crippen molar-refractivity contribution in [1.29, 1.82) is 0 Å². The number of nitrogens with zero attached hydrogens (tertiary/aromatic N) is 2. The molecule has 1 aliphatic heterocycles. The van der Waals surface area contributed by atoms with E-state index in [-0.39, 0.29) is 12.1 Å². The number of hydrogen-bond acceptors (Lipinski definition) is 4. The van der Waals surface area contributed by atoms with E-state index >= 15 is 0 Å². The first-order valence-corrected chi connectivity index (χ1v) is 8.60. The van der Waals surface area contributed by atoms with Gasteiger partial charge in [-0.05, 0) is 74.0 Å². The number of hydrogen-bond donors (Lipinski definition) is 1. The Morgan fingerprint density at radius 3 is 2.59 bits per heavy atom.